The van der Waals surface area contributed by atoms with Gasteiger partial charge in [0, 0.05) is 22.2 Å². The molecule has 2 aromatic rings. The number of rotatable bonds is 7. The van der Waals surface area contributed by atoms with Crippen molar-refractivity contribution in [1.82, 2.24) is 10.2 Å². The van der Waals surface area contributed by atoms with Gasteiger partial charge in [-0.1, -0.05) is 18.5 Å². The molecule has 0 aromatic heterocycles. The molecule has 1 aliphatic rings. The Morgan fingerprint density at radius 1 is 1.12 bits per heavy atom. The lowest BCUT2D eigenvalue weighted by Gasteiger charge is -2.31. The van der Waals surface area contributed by atoms with Crippen LogP contribution < -0.4 is 19.5 Å². The molecule has 1 aliphatic heterocycles. The monoisotopic (exact) mass is 598 g/mol. The van der Waals surface area contributed by atoms with Gasteiger partial charge in [-0.25, -0.2) is 0 Å². The molecule has 2 amide bonds. The molecule has 1 N–H and O–H groups in total. The second kappa shape index (κ2) is 11.8. The second-order valence-electron chi connectivity index (χ2n) is 8.06. The summed E-state index contributed by atoms with van der Waals surface area (Å²) in [5, 5.41) is 3.10. The van der Waals surface area contributed by atoms with Crippen molar-refractivity contribution in [3.05, 3.63) is 55.7 Å². The number of ether oxygens (including phenoxy) is 3. The van der Waals surface area contributed by atoms with Gasteiger partial charge in [0.2, 0.25) is 5.75 Å². The zero-order valence-electron chi connectivity index (χ0n) is 19.6. The molecule has 1 unspecified atom stereocenters. The quantitative estimate of drug-likeness (QED) is 0.359. The van der Waals surface area contributed by atoms with E-state index < -0.39 is 5.91 Å². The number of carbonyl (C=O) groups excluding carboxylic acids is 2. The number of halogens is 2. The van der Waals surface area contributed by atoms with Crippen LogP contribution in [0.1, 0.15) is 35.7 Å². The van der Waals surface area contributed by atoms with E-state index in [1.807, 2.05) is 6.07 Å². The van der Waals surface area contributed by atoms with Crippen molar-refractivity contribution in [2.75, 3.05) is 34.4 Å². The van der Waals surface area contributed by atoms with Gasteiger partial charge in [0.15, 0.2) is 11.5 Å². The number of carbonyl (C=O) groups is 2. The fourth-order valence-corrected chi connectivity index (χ4v) is 4.64. The number of hydrogen-bond acceptors (Lipinski definition) is 5. The maximum Gasteiger partial charge on any atom is 0.270 e. The van der Waals surface area contributed by atoms with Crippen LogP contribution in [0.25, 0.3) is 6.08 Å². The summed E-state index contributed by atoms with van der Waals surface area (Å²) in [6, 6.07) is 8.62. The largest absolute Gasteiger partial charge is 0.493 e. The van der Waals surface area contributed by atoms with Crippen molar-refractivity contribution in [1.29, 1.82) is 0 Å². The average Bonchev–Trinajstić information content (AvgIpc) is 2.83. The van der Waals surface area contributed by atoms with Gasteiger partial charge in [-0.3, -0.25) is 9.59 Å². The van der Waals surface area contributed by atoms with Crippen LogP contribution in [0.3, 0.4) is 0 Å². The summed E-state index contributed by atoms with van der Waals surface area (Å²) >= 11 is 8.38. The minimum Gasteiger partial charge on any atom is -0.493 e. The number of amides is 2. The number of nitrogens with zero attached hydrogens (tertiary/aromatic N) is 1. The van der Waals surface area contributed by atoms with E-state index in [0.717, 1.165) is 16.4 Å². The van der Waals surface area contributed by atoms with Crippen molar-refractivity contribution in [2.24, 2.45) is 5.92 Å². The molecule has 0 saturated carbocycles. The van der Waals surface area contributed by atoms with Gasteiger partial charge < -0.3 is 24.4 Å². The Morgan fingerprint density at radius 2 is 1.85 bits per heavy atom. The molecule has 3 rings (SSSR count). The molecule has 7 nitrogen and oxygen atoms in total. The van der Waals surface area contributed by atoms with E-state index in [0.29, 0.717) is 52.4 Å². The zero-order valence-corrected chi connectivity index (χ0v) is 22.5. The van der Waals surface area contributed by atoms with Gasteiger partial charge in [0.25, 0.3) is 11.8 Å². The first-order valence-corrected chi connectivity index (χ1v) is 12.3. The van der Waals surface area contributed by atoms with Gasteiger partial charge in [0.1, 0.15) is 5.70 Å². The third-order valence-electron chi connectivity index (χ3n) is 5.63. The van der Waals surface area contributed by atoms with E-state index in [4.69, 9.17) is 25.8 Å². The first-order valence-electron chi connectivity index (χ1n) is 10.8. The summed E-state index contributed by atoms with van der Waals surface area (Å²) in [5.74, 6) is 0.926. The van der Waals surface area contributed by atoms with Crippen molar-refractivity contribution in [3.8, 4) is 17.2 Å². The van der Waals surface area contributed by atoms with Gasteiger partial charge in [-0.15, -0.1) is 0 Å². The molecule has 1 fully saturated rings. The zero-order chi connectivity index (χ0) is 24.8. The van der Waals surface area contributed by atoms with Crippen LogP contribution in [0.5, 0.6) is 17.2 Å². The highest BCUT2D eigenvalue weighted by molar-refractivity contribution is 14.1. The highest BCUT2D eigenvalue weighted by Crippen LogP contribution is 2.40. The predicted molar refractivity (Wildman–Crippen MR) is 141 cm³/mol. The van der Waals surface area contributed by atoms with Gasteiger partial charge in [-0.2, -0.15) is 0 Å². The molecule has 0 aliphatic carbocycles. The summed E-state index contributed by atoms with van der Waals surface area (Å²) in [5.41, 5.74) is 0.973. The molecule has 2 aromatic carbocycles. The van der Waals surface area contributed by atoms with E-state index >= 15 is 0 Å². The Balaban J connectivity index is 2.06. The third kappa shape index (κ3) is 5.96. The van der Waals surface area contributed by atoms with E-state index in [2.05, 4.69) is 34.8 Å². The number of methoxy groups -OCH3 is 3. The standard InChI is InChI=1S/C25H28ClIN2O5/c1-15-6-5-11-29(14-15)25(31)20(28-24(30)18-13-17(27)8-9-19(18)26)12-16-7-10-21(32-2)23(34-4)22(16)33-3/h7-10,12-13,15H,5-6,11,14H2,1-4H3,(H,28,30). The molecule has 0 radical (unpaired) electrons. The average molecular weight is 599 g/mol. The van der Waals surface area contributed by atoms with E-state index in [9.17, 15) is 9.59 Å². The fraction of sp³-hybridized carbons (Fsp3) is 0.360. The first kappa shape index (κ1) is 26.2. The molecular weight excluding hydrogens is 571 g/mol. The van der Waals surface area contributed by atoms with E-state index in [1.165, 1.54) is 21.3 Å². The van der Waals surface area contributed by atoms with Crippen LogP contribution in [-0.2, 0) is 4.79 Å². The predicted octanol–water partition coefficient (Wildman–Crippen LogP) is 5.00. The highest BCUT2D eigenvalue weighted by atomic mass is 127. The Kier molecular flexibility index (Phi) is 9.07. The number of hydrogen-bond donors (Lipinski definition) is 1. The van der Waals surface area contributed by atoms with Crippen molar-refractivity contribution in [2.45, 2.75) is 19.8 Å². The SMILES string of the molecule is COc1ccc(C=C(NC(=O)c2cc(I)ccc2Cl)C(=O)N2CCCC(C)C2)c(OC)c1OC. The van der Waals surface area contributed by atoms with Crippen LogP contribution in [0.15, 0.2) is 36.0 Å². The Hall–Kier alpha value is -2.46. The van der Waals surface area contributed by atoms with Crippen LogP contribution >= 0.6 is 34.2 Å². The van der Waals surface area contributed by atoms with Gasteiger partial charge in [-0.05, 0) is 77.8 Å². The van der Waals surface area contributed by atoms with Crippen LogP contribution in [0, 0.1) is 9.49 Å². The normalized spacial score (nSPS) is 16.1. The van der Waals surface area contributed by atoms with Crippen molar-refractivity contribution >= 4 is 52.1 Å². The minimum atomic E-state index is -0.465. The highest BCUT2D eigenvalue weighted by Gasteiger charge is 2.26. The Labute approximate surface area is 218 Å². The maximum absolute atomic E-state index is 13.6. The Morgan fingerprint density at radius 3 is 2.50 bits per heavy atom. The minimum absolute atomic E-state index is 0.125. The molecular formula is C25H28ClIN2O5. The van der Waals surface area contributed by atoms with E-state index in [1.54, 1.807) is 35.2 Å². The topological polar surface area (TPSA) is 77.1 Å². The Bertz CT molecular complexity index is 1100. The lowest BCUT2D eigenvalue weighted by atomic mass is 10.00. The number of likely N-dealkylation sites (tertiary alicyclic amines) is 1. The number of nitrogens with one attached hydrogen (secondary N) is 1. The van der Waals surface area contributed by atoms with E-state index in [-0.39, 0.29) is 11.6 Å². The molecule has 34 heavy (non-hydrogen) atoms. The van der Waals surface area contributed by atoms with Gasteiger partial charge >= 0.3 is 0 Å². The molecule has 9 heteroatoms. The molecule has 0 bridgehead atoms. The molecule has 0 spiro atoms. The summed E-state index contributed by atoms with van der Waals surface area (Å²) in [6.45, 7) is 3.37. The maximum atomic E-state index is 13.6. The third-order valence-corrected chi connectivity index (χ3v) is 6.63. The smallest absolute Gasteiger partial charge is 0.270 e. The summed E-state index contributed by atoms with van der Waals surface area (Å²) in [4.78, 5) is 28.5. The number of benzene rings is 2. The van der Waals surface area contributed by atoms with Crippen molar-refractivity contribution < 1.29 is 23.8 Å². The second-order valence-corrected chi connectivity index (χ2v) is 9.71. The molecule has 182 valence electrons. The number of piperidine rings is 1. The summed E-state index contributed by atoms with van der Waals surface area (Å²) in [7, 11) is 4.55. The van der Waals surface area contributed by atoms with Crippen LogP contribution in [-0.4, -0.2) is 51.1 Å². The van der Waals surface area contributed by atoms with Crippen LogP contribution in [0.4, 0.5) is 0 Å². The summed E-state index contributed by atoms with van der Waals surface area (Å²) in [6.07, 6.45) is 3.58. The summed E-state index contributed by atoms with van der Waals surface area (Å²) < 4.78 is 17.2. The van der Waals surface area contributed by atoms with Gasteiger partial charge in [0.05, 0.1) is 31.9 Å². The van der Waals surface area contributed by atoms with Crippen LogP contribution in [0.2, 0.25) is 5.02 Å². The van der Waals surface area contributed by atoms with Crippen molar-refractivity contribution in [3.63, 3.8) is 0 Å². The first-order chi connectivity index (χ1) is 16.3. The molecule has 1 heterocycles. The fourth-order valence-electron chi connectivity index (χ4n) is 3.95. The molecule has 1 saturated heterocycles. The lowest BCUT2D eigenvalue weighted by molar-refractivity contribution is -0.129. The lowest BCUT2D eigenvalue weighted by Crippen LogP contribution is -2.43. The molecule has 1 atom stereocenters.